The minimum Gasteiger partial charge on any atom is -0.469 e. The van der Waals surface area contributed by atoms with E-state index in [1.807, 2.05) is 30.5 Å². The second-order valence-corrected chi connectivity index (χ2v) is 5.20. The van der Waals surface area contributed by atoms with E-state index in [1.165, 1.54) is 6.08 Å². The van der Waals surface area contributed by atoms with Gasteiger partial charge in [-0.25, -0.2) is 4.98 Å². The molecule has 0 saturated carbocycles. The van der Waals surface area contributed by atoms with Gasteiger partial charge in [-0.15, -0.1) is 0 Å². The van der Waals surface area contributed by atoms with Crippen molar-refractivity contribution in [3.05, 3.63) is 60.3 Å². The number of fused-ring (bicyclic) bond motifs is 1. The molecule has 1 atom stereocenters. The lowest BCUT2D eigenvalue weighted by Gasteiger charge is -2.14. The Bertz CT molecular complexity index is 805. The Morgan fingerprint density at radius 2 is 2.35 bits per heavy atom. The topological polar surface area (TPSA) is 96.9 Å². The van der Waals surface area contributed by atoms with Crippen molar-refractivity contribution in [1.29, 1.82) is 0 Å². The molecule has 0 aliphatic heterocycles. The van der Waals surface area contributed by atoms with Crippen LogP contribution in [0.25, 0.3) is 17.1 Å². The molecule has 0 spiro atoms. The standard InChI is InChI=1S/C17H18N4O2/c18-10-13(9-14-3-2-8-23-14)21-16(22)6-5-12-11-20-17-15(12)4-1-7-19-17/h1-8,11,13H,9-10,18H2,(H,19,20)(H,21,22)/t13-/m0/s1. The molecule has 1 amide bonds. The van der Waals surface area contributed by atoms with Crippen LogP contribution in [0.5, 0.6) is 0 Å². The maximum absolute atomic E-state index is 12.1. The summed E-state index contributed by atoms with van der Waals surface area (Å²) in [7, 11) is 0. The van der Waals surface area contributed by atoms with Crippen molar-refractivity contribution in [2.45, 2.75) is 12.5 Å². The number of hydrogen-bond acceptors (Lipinski definition) is 4. The van der Waals surface area contributed by atoms with Gasteiger partial charge in [0.1, 0.15) is 11.4 Å². The van der Waals surface area contributed by atoms with Crippen LogP contribution in [0, 0.1) is 0 Å². The zero-order valence-corrected chi connectivity index (χ0v) is 12.5. The Labute approximate surface area is 133 Å². The molecule has 0 saturated heterocycles. The second kappa shape index (κ2) is 6.93. The monoisotopic (exact) mass is 310 g/mol. The van der Waals surface area contributed by atoms with Gasteiger partial charge < -0.3 is 20.5 Å². The fourth-order valence-electron chi connectivity index (χ4n) is 2.39. The Hall–Kier alpha value is -2.86. The largest absolute Gasteiger partial charge is 0.469 e. The van der Waals surface area contributed by atoms with Crippen molar-refractivity contribution >= 4 is 23.0 Å². The zero-order chi connectivity index (χ0) is 16.1. The number of H-pyrrole nitrogens is 1. The van der Waals surface area contributed by atoms with Crippen molar-refractivity contribution < 1.29 is 9.21 Å². The summed E-state index contributed by atoms with van der Waals surface area (Å²) in [5.41, 5.74) is 7.42. The predicted molar refractivity (Wildman–Crippen MR) is 88.5 cm³/mol. The smallest absolute Gasteiger partial charge is 0.244 e. The van der Waals surface area contributed by atoms with E-state index < -0.39 is 0 Å². The van der Waals surface area contributed by atoms with E-state index in [9.17, 15) is 4.79 Å². The fraction of sp³-hybridized carbons (Fsp3) is 0.176. The third-order valence-electron chi connectivity index (χ3n) is 3.56. The molecule has 0 aromatic carbocycles. The fourth-order valence-corrected chi connectivity index (χ4v) is 2.39. The SMILES string of the molecule is NC[C@H](Cc1ccco1)NC(=O)C=Cc1c[nH]c2ncccc12. The molecule has 3 heterocycles. The van der Waals surface area contributed by atoms with Crippen LogP contribution in [0.4, 0.5) is 0 Å². The quantitative estimate of drug-likeness (QED) is 0.605. The Balaban J connectivity index is 1.63. The molecule has 0 fully saturated rings. The van der Waals surface area contributed by atoms with Crippen LogP contribution in [0.15, 0.2) is 53.4 Å². The Morgan fingerprint density at radius 1 is 1.43 bits per heavy atom. The van der Waals surface area contributed by atoms with Crippen LogP contribution < -0.4 is 11.1 Å². The van der Waals surface area contributed by atoms with Gasteiger partial charge in [0.2, 0.25) is 5.91 Å². The van der Waals surface area contributed by atoms with Crippen LogP contribution in [0.3, 0.4) is 0 Å². The van der Waals surface area contributed by atoms with E-state index in [2.05, 4.69) is 15.3 Å². The predicted octanol–water partition coefficient (Wildman–Crippen LogP) is 1.86. The zero-order valence-electron chi connectivity index (χ0n) is 12.5. The van der Waals surface area contributed by atoms with E-state index in [0.29, 0.717) is 13.0 Å². The molecule has 118 valence electrons. The molecule has 4 N–H and O–H groups in total. The molecule has 0 aliphatic rings. The van der Waals surface area contributed by atoms with Crippen molar-refractivity contribution in [2.75, 3.05) is 6.54 Å². The first-order valence-electron chi connectivity index (χ1n) is 7.39. The number of pyridine rings is 1. The van der Waals surface area contributed by atoms with Gasteiger partial charge in [0.05, 0.1) is 6.26 Å². The summed E-state index contributed by atoms with van der Waals surface area (Å²) in [6.45, 7) is 0.345. The molecular formula is C17H18N4O2. The molecule has 0 radical (unpaired) electrons. The highest BCUT2D eigenvalue weighted by Crippen LogP contribution is 2.16. The van der Waals surface area contributed by atoms with E-state index in [-0.39, 0.29) is 11.9 Å². The number of aromatic nitrogens is 2. The molecular weight excluding hydrogens is 292 g/mol. The van der Waals surface area contributed by atoms with Crippen LogP contribution in [0.2, 0.25) is 0 Å². The number of furan rings is 1. The molecule has 23 heavy (non-hydrogen) atoms. The number of amides is 1. The second-order valence-electron chi connectivity index (χ2n) is 5.20. The van der Waals surface area contributed by atoms with E-state index in [1.54, 1.807) is 18.5 Å². The molecule has 3 aromatic heterocycles. The van der Waals surface area contributed by atoms with Gasteiger partial charge in [0.15, 0.2) is 0 Å². The summed E-state index contributed by atoms with van der Waals surface area (Å²) >= 11 is 0. The van der Waals surface area contributed by atoms with Gasteiger partial charge in [-0.2, -0.15) is 0 Å². The van der Waals surface area contributed by atoms with Crippen LogP contribution in [0.1, 0.15) is 11.3 Å². The minimum absolute atomic E-state index is 0.164. The highest BCUT2D eigenvalue weighted by Gasteiger charge is 2.11. The summed E-state index contributed by atoms with van der Waals surface area (Å²) in [4.78, 5) is 19.3. The lowest BCUT2D eigenvalue weighted by Crippen LogP contribution is -2.40. The van der Waals surface area contributed by atoms with E-state index in [4.69, 9.17) is 10.2 Å². The van der Waals surface area contributed by atoms with Gasteiger partial charge in [0.25, 0.3) is 0 Å². The average Bonchev–Trinajstić information content (AvgIpc) is 3.22. The Kier molecular flexibility index (Phi) is 4.54. The molecule has 0 aliphatic carbocycles. The van der Waals surface area contributed by atoms with Crippen LogP contribution >= 0.6 is 0 Å². The summed E-state index contributed by atoms with van der Waals surface area (Å²) in [5, 5.41) is 3.85. The van der Waals surface area contributed by atoms with Gasteiger partial charge in [-0.3, -0.25) is 4.79 Å². The number of nitrogens with two attached hydrogens (primary N) is 1. The molecule has 6 heteroatoms. The van der Waals surface area contributed by atoms with Gasteiger partial charge >= 0.3 is 0 Å². The first-order chi connectivity index (χ1) is 11.3. The summed E-state index contributed by atoms with van der Waals surface area (Å²) < 4.78 is 5.28. The number of nitrogens with one attached hydrogen (secondary N) is 2. The highest BCUT2D eigenvalue weighted by atomic mass is 16.3. The number of rotatable bonds is 6. The molecule has 3 aromatic rings. The van der Waals surface area contributed by atoms with Gasteiger partial charge in [0, 0.05) is 48.4 Å². The summed E-state index contributed by atoms with van der Waals surface area (Å²) in [6, 6.07) is 7.33. The first kappa shape index (κ1) is 15.1. The van der Waals surface area contributed by atoms with Crippen molar-refractivity contribution in [1.82, 2.24) is 15.3 Å². The minimum atomic E-state index is -0.190. The van der Waals surface area contributed by atoms with Crippen LogP contribution in [-0.2, 0) is 11.2 Å². The number of carbonyl (C=O) groups is 1. The Morgan fingerprint density at radius 3 is 3.13 bits per heavy atom. The van der Waals surface area contributed by atoms with Crippen molar-refractivity contribution in [3.63, 3.8) is 0 Å². The molecule has 3 rings (SSSR count). The molecule has 0 unspecified atom stereocenters. The maximum Gasteiger partial charge on any atom is 0.244 e. The number of carbonyl (C=O) groups excluding carboxylic acids is 1. The van der Waals surface area contributed by atoms with Gasteiger partial charge in [-0.1, -0.05) is 0 Å². The van der Waals surface area contributed by atoms with Gasteiger partial charge in [-0.05, 0) is 30.3 Å². The van der Waals surface area contributed by atoms with Crippen molar-refractivity contribution in [3.8, 4) is 0 Å². The maximum atomic E-state index is 12.1. The first-order valence-corrected chi connectivity index (χ1v) is 7.39. The lowest BCUT2D eigenvalue weighted by molar-refractivity contribution is -0.117. The molecule has 6 nitrogen and oxygen atoms in total. The third kappa shape index (κ3) is 3.67. The highest BCUT2D eigenvalue weighted by molar-refractivity contribution is 5.95. The van der Waals surface area contributed by atoms with E-state index in [0.717, 1.165) is 22.4 Å². The van der Waals surface area contributed by atoms with E-state index >= 15 is 0 Å². The summed E-state index contributed by atoms with van der Waals surface area (Å²) in [5.74, 6) is 0.609. The normalized spacial score (nSPS) is 12.7. The lowest BCUT2D eigenvalue weighted by atomic mass is 10.1. The molecule has 0 bridgehead atoms. The van der Waals surface area contributed by atoms with Crippen LogP contribution in [-0.4, -0.2) is 28.5 Å². The number of hydrogen-bond donors (Lipinski definition) is 3. The summed E-state index contributed by atoms with van der Waals surface area (Å²) in [6.07, 6.45) is 8.98. The average molecular weight is 310 g/mol. The number of nitrogens with zero attached hydrogens (tertiary/aromatic N) is 1. The number of aromatic amines is 1. The third-order valence-corrected chi connectivity index (χ3v) is 3.56. The van der Waals surface area contributed by atoms with Crippen molar-refractivity contribution in [2.24, 2.45) is 5.73 Å².